The van der Waals surface area contributed by atoms with Crippen LogP contribution >= 0.6 is 0 Å². The van der Waals surface area contributed by atoms with E-state index in [1.165, 1.54) is 30.5 Å². The van der Waals surface area contributed by atoms with Crippen LogP contribution in [0.15, 0.2) is 18.2 Å². The average Bonchev–Trinajstić information content (AvgIpc) is 3.60. The number of piperidine rings is 2. The number of hydrogen-bond donors (Lipinski definition) is 3. The van der Waals surface area contributed by atoms with Gasteiger partial charge in [-0.1, -0.05) is 19.4 Å². The Hall–Kier alpha value is -1.59. The Morgan fingerprint density at radius 1 is 1.26 bits per heavy atom. The first-order valence-electron chi connectivity index (χ1n) is 12.5. The van der Waals surface area contributed by atoms with Gasteiger partial charge in [0.25, 0.3) is 0 Å². The van der Waals surface area contributed by atoms with E-state index in [0.717, 1.165) is 51.1 Å². The lowest BCUT2D eigenvalue weighted by Gasteiger charge is -2.52. The lowest BCUT2D eigenvalue weighted by molar-refractivity contribution is -0.123. The number of amides is 1. The zero-order valence-corrected chi connectivity index (χ0v) is 19.6. The van der Waals surface area contributed by atoms with Gasteiger partial charge in [-0.25, -0.2) is 0 Å². The standard InChI is InChI=1S/C26H41N3O2/c1-18-7-10-22(30)16-23(18)26(11-14-28-25(31)24-6-4-5-13-27-24)12-15-29(17-21-8-9-21)20(3)19(26)2/h7,10,16,19-21,24,27,30H,4-6,8-9,11-15,17H2,1-3H3,(H,28,31)/t19-,20?,24?,26?/m0/s1. The zero-order valence-electron chi connectivity index (χ0n) is 19.6. The third kappa shape index (κ3) is 4.93. The van der Waals surface area contributed by atoms with Crippen molar-refractivity contribution in [3.8, 4) is 5.75 Å². The summed E-state index contributed by atoms with van der Waals surface area (Å²) in [6, 6.07) is 6.28. The highest BCUT2D eigenvalue weighted by Crippen LogP contribution is 2.47. The van der Waals surface area contributed by atoms with Crippen molar-refractivity contribution >= 4 is 5.91 Å². The summed E-state index contributed by atoms with van der Waals surface area (Å²) in [6.07, 6.45) is 7.99. The number of nitrogens with zero attached hydrogens (tertiary/aromatic N) is 1. The molecule has 31 heavy (non-hydrogen) atoms. The molecule has 1 aromatic rings. The van der Waals surface area contributed by atoms with Crippen molar-refractivity contribution in [2.45, 2.75) is 83.2 Å². The fraction of sp³-hybridized carbons (Fsp3) is 0.731. The molecule has 172 valence electrons. The molecule has 1 aliphatic carbocycles. The molecule has 5 heteroatoms. The van der Waals surface area contributed by atoms with E-state index in [-0.39, 0.29) is 17.4 Å². The summed E-state index contributed by atoms with van der Waals surface area (Å²) in [5.74, 6) is 1.84. The van der Waals surface area contributed by atoms with Crippen molar-refractivity contribution in [2.75, 3.05) is 26.2 Å². The highest BCUT2D eigenvalue weighted by Gasteiger charge is 2.46. The summed E-state index contributed by atoms with van der Waals surface area (Å²) in [7, 11) is 0. The van der Waals surface area contributed by atoms with Crippen LogP contribution in [0.3, 0.4) is 0 Å². The van der Waals surface area contributed by atoms with E-state index in [0.29, 0.717) is 24.3 Å². The van der Waals surface area contributed by atoms with Crippen molar-refractivity contribution < 1.29 is 9.90 Å². The second kappa shape index (κ2) is 9.50. The molecule has 3 unspecified atom stereocenters. The predicted octanol–water partition coefficient (Wildman–Crippen LogP) is 3.73. The summed E-state index contributed by atoms with van der Waals surface area (Å²) in [5.41, 5.74) is 2.48. The second-order valence-corrected chi connectivity index (χ2v) is 10.4. The van der Waals surface area contributed by atoms with Gasteiger partial charge in [0.05, 0.1) is 6.04 Å². The maximum absolute atomic E-state index is 12.7. The van der Waals surface area contributed by atoms with E-state index in [1.807, 2.05) is 12.1 Å². The summed E-state index contributed by atoms with van der Waals surface area (Å²) >= 11 is 0. The topological polar surface area (TPSA) is 64.6 Å². The van der Waals surface area contributed by atoms with E-state index < -0.39 is 0 Å². The van der Waals surface area contributed by atoms with Crippen LogP contribution in [-0.4, -0.2) is 54.2 Å². The first-order chi connectivity index (χ1) is 14.9. The van der Waals surface area contributed by atoms with Gasteiger partial charge in [0, 0.05) is 24.5 Å². The van der Waals surface area contributed by atoms with Crippen LogP contribution < -0.4 is 10.6 Å². The molecule has 4 rings (SSSR count). The van der Waals surface area contributed by atoms with E-state index in [1.54, 1.807) is 6.07 Å². The smallest absolute Gasteiger partial charge is 0.237 e. The number of carbonyl (C=O) groups is 1. The Morgan fingerprint density at radius 3 is 2.77 bits per heavy atom. The maximum Gasteiger partial charge on any atom is 0.237 e. The molecule has 0 bridgehead atoms. The minimum Gasteiger partial charge on any atom is -0.508 e. The molecule has 3 N–H and O–H groups in total. The van der Waals surface area contributed by atoms with E-state index >= 15 is 0 Å². The number of aryl methyl sites for hydroxylation is 1. The van der Waals surface area contributed by atoms with Gasteiger partial charge in [-0.15, -0.1) is 0 Å². The van der Waals surface area contributed by atoms with Gasteiger partial charge in [-0.05, 0) is 101 Å². The molecule has 0 radical (unpaired) electrons. The number of nitrogens with one attached hydrogen (secondary N) is 2. The number of benzene rings is 1. The van der Waals surface area contributed by atoms with Crippen LogP contribution in [0, 0.1) is 18.8 Å². The molecule has 2 saturated heterocycles. The second-order valence-electron chi connectivity index (χ2n) is 10.4. The monoisotopic (exact) mass is 427 g/mol. The Balaban J connectivity index is 1.51. The highest BCUT2D eigenvalue weighted by molar-refractivity contribution is 5.81. The molecule has 1 amide bonds. The van der Waals surface area contributed by atoms with Gasteiger partial charge in [-0.3, -0.25) is 4.79 Å². The summed E-state index contributed by atoms with van der Waals surface area (Å²) < 4.78 is 0. The lowest BCUT2D eigenvalue weighted by Crippen LogP contribution is -2.56. The molecule has 4 atom stereocenters. The van der Waals surface area contributed by atoms with Gasteiger partial charge in [0.2, 0.25) is 5.91 Å². The molecule has 3 aliphatic rings. The van der Waals surface area contributed by atoms with Gasteiger partial charge < -0.3 is 20.6 Å². The Bertz CT molecular complexity index is 772. The fourth-order valence-corrected chi connectivity index (χ4v) is 6.06. The van der Waals surface area contributed by atoms with Gasteiger partial charge in [0.1, 0.15) is 5.75 Å². The van der Waals surface area contributed by atoms with Crippen molar-refractivity contribution in [1.29, 1.82) is 0 Å². The number of hydrogen-bond acceptors (Lipinski definition) is 4. The summed E-state index contributed by atoms with van der Waals surface area (Å²) in [4.78, 5) is 15.4. The SMILES string of the molecule is Cc1ccc(O)cc1C1(CCNC(=O)C2CCCCN2)CCN(CC2CC2)C(C)[C@@H]1C. The molecule has 2 heterocycles. The van der Waals surface area contributed by atoms with E-state index in [2.05, 4.69) is 36.3 Å². The van der Waals surface area contributed by atoms with Crippen LogP contribution in [0.2, 0.25) is 0 Å². The minimum atomic E-state index is -0.0380. The highest BCUT2D eigenvalue weighted by atomic mass is 16.3. The van der Waals surface area contributed by atoms with E-state index in [4.69, 9.17) is 0 Å². The van der Waals surface area contributed by atoms with Crippen LogP contribution in [0.25, 0.3) is 0 Å². The van der Waals surface area contributed by atoms with Gasteiger partial charge in [0.15, 0.2) is 0 Å². The zero-order chi connectivity index (χ0) is 22.0. The quantitative estimate of drug-likeness (QED) is 0.620. The number of phenols is 1. The van der Waals surface area contributed by atoms with Crippen LogP contribution in [-0.2, 0) is 10.2 Å². The van der Waals surface area contributed by atoms with Gasteiger partial charge in [-0.2, -0.15) is 0 Å². The van der Waals surface area contributed by atoms with Crippen LogP contribution in [0.5, 0.6) is 5.75 Å². The first-order valence-corrected chi connectivity index (χ1v) is 12.5. The molecular formula is C26H41N3O2. The largest absolute Gasteiger partial charge is 0.508 e. The molecular weight excluding hydrogens is 386 g/mol. The average molecular weight is 428 g/mol. The summed E-state index contributed by atoms with van der Waals surface area (Å²) in [5, 5.41) is 16.9. The van der Waals surface area contributed by atoms with Crippen molar-refractivity contribution in [1.82, 2.24) is 15.5 Å². The molecule has 1 saturated carbocycles. The number of phenolic OH excluding ortho intramolecular Hbond substituents is 1. The first kappa shape index (κ1) is 22.6. The minimum absolute atomic E-state index is 0.0322. The molecule has 3 fully saturated rings. The molecule has 0 aromatic heterocycles. The normalized spacial score (nSPS) is 32.0. The lowest BCUT2D eigenvalue weighted by atomic mass is 9.61. The molecule has 0 spiro atoms. The Labute approximate surface area is 188 Å². The molecule has 5 nitrogen and oxygen atoms in total. The number of rotatable bonds is 7. The third-order valence-electron chi connectivity index (χ3n) is 8.46. The maximum atomic E-state index is 12.7. The van der Waals surface area contributed by atoms with Crippen molar-refractivity contribution in [3.63, 3.8) is 0 Å². The Morgan fingerprint density at radius 2 is 2.06 bits per heavy atom. The predicted molar refractivity (Wildman–Crippen MR) is 125 cm³/mol. The molecule has 2 aliphatic heterocycles. The summed E-state index contributed by atoms with van der Waals surface area (Å²) in [6.45, 7) is 10.9. The number of likely N-dealkylation sites (tertiary alicyclic amines) is 1. The van der Waals surface area contributed by atoms with Crippen molar-refractivity contribution in [2.24, 2.45) is 11.8 Å². The van der Waals surface area contributed by atoms with Crippen LogP contribution in [0.1, 0.15) is 69.9 Å². The van der Waals surface area contributed by atoms with Gasteiger partial charge >= 0.3 is 0 Å². The number of carbonyl (C=O) groups excluding carboxylic acids is 1. The third-order valence-corrected chi connectivity index (χ3v) is 8.46. The van der Waals surface area contributed by atoms with Crippen LogP contribution in [0.4, 0.5) is 0 Å². The number of aromatic hydroxyl groups is 1. The molecule has 1 aromatic carbocycles. The Kier molecular flexibility index (Phi) is 6.92. The van der Waals surface area contributed by atoms with E-state index in [9.17, 15) is 9.90 Å². The van der Waals surface area contributed by atoms with Crippen molar-refractivity contribution in [3.05, 3.63) is 29.3 Å². The fourth-order valence-electron chi connectivity index (χ4n) is 6.06.